The van der Waals surface area contributed by atoms with Crippen LogP contribution in [0.3, 0.4) is 0 Å². The molecule has 0 aromatic heterocycles. The van der Waals surface area contributed by atoms with Crippen LogP contribution in [0.5, 0.6) is 5.75 Å². The van der Waals surface area contributed by atoms with E-state index in [1.165, 1.54) is 6.20 Å². The minimum Gasteiger partial charge on any atom is -0.496 e. The molecule has 0 saturated heterocycles. The van der Waals surface area contributed by atoms with Crippen molar-refractivity contribution in [1.82, 2.24) is 0 Å². The van der Waals surface area contributed by atoms with E-state index in [2.05, 4.69) is 13.5 Å². The fourth-order valence-electron chi connectivity index (χ4n) is 2.41. The van der Waals surface area contributed by atoms with Gasteiger partial charge in [-0.05, 0) is 67.0 Å². The van der Waals surface area contributed by atoms with Crippen molar-refractivity contribution in [3.63, 3.8) is 0 Å². The third-order valence-corrected chi connectivity index (χ3v) is 3.61. The highest BCUT2D eigenvalue weighted by Gasteiger charge is 2.15. The number of benzene rings is 1. The zero-order valence-electron chi connectivity index (χ0n) is 14.3. The topological polar surface area (TPSA) is 52.3 Å². The standard InChI is InChI=1S/C20H25NO2/c1-6-8-17(9-10-21)14(3)12-18(22)20-15(4)11-16(7-2)13-19(20)23-5/h6,8-13H,1,7,21H2,2-5H3/b10-9-,14-12+,17-8+. The van der Waals surface area contributed by atoms with Gasteiger partial charge in [0.05, 0.1) is 12.7 Å². The summed E-state index contributed by atoms with van der Waals surface area (Å²) in [7, 11) is 1.59. The van der Waals surface area contributed by atoms with Crippen molar-refractivity contribution in [2.24, 2.45) is 5.73 Å². The average molecular weight is 311 g/mol. The molecule has 0 aliphatic carbocycles. The van der Waals surface area contributed by atoms with Crippen LogP contribution in [0.4, 0.5) is 0 Å². The third-order valence-electron chi connectivity index (χ3n) is 3.61. The molecule has 0 heterocycles. The normalized spacial score (nSPS) is 12.5. The maximum absolute atomic E-state index is 12.7. The van der Waals surface area contributed by atoms with Gasteiger partial charge in [0, 0.05) is 0 Å². The highest BCUT2D eigenvalue weighted by Crippen LogP contribution is 2.26. The molecule has 0 atom stereocenters. The van der Waals surface area contributed by atoms with E-state index in [-0.39, 0.29) is 5.78 Å². The van der Waals surface area contributed by atoms with Crippen LogP contribution >= 0.6 is 0 Å². The van der Waals surface area contributed by atoms with E-state index in [9.17, 15) is 4.79 Å². The van der Waals surface area contributed by atoms with E-state index < -0.39 is 0 Å². The molecule has 0 amide bonds. The maximum atomic E-state index is 12.7. The Labute approximate surface area is 138 Å². The molecule has 0 bridgehead atoms. The van der Waals surface area contributed by atoms with Gasteiger partial charge in [-0.25, -0.2) is 0 Å². The number of hydrogen-bond acceptors (Lipinski definition) is 3. The first-order chi connectivity index (χ1) is 11.0. The monoisotopic (exact) mass is 311 g/mol. The lowest BCUT2D eigenvalue weighted by Crippen LogP contribution is -2.04. The van der Waals surface area contributed by atoms with Gasteiger partial charge < -0.3 is 10.5 Å². The minimum absolute atomic E-state index is 0.0834. The van der Waals surface area contributed by atoms with E-state index in [4.69, 9.17) is 10.5 Å². The van der Waals surface area contributed by atoms with Gasteiger partial charge in [-0.15, -0.1) is 0 Å². The first kappa shape index (κ1) is 18.5. The zero-order valence-corrected chi connectivity index (χ0v) is 14.3. The number of allylic oxidation sites excluding steroid dienone is 6. The van der Waals surface area contributed by atoms with Crippen LogP contribution in [0.15, 0.2) is 60.4 Å². The van der Waals surface area contributed by atoms with Gasteiger partial charge >= 0.3 is 0 Å². The molecule has 0 aliphatic heterocycles. The summed E-state index contributed by atoms with van der Waals surface area (Å²) in [5, 5.41) is 0. The highest BCUT2D eigenvalue weighted by molar-refractivity contribution is 6.08. The number of rotatable bonds is 7. The summed E-state index contributed by atoms with van der Waals surface area (Å²) in [5.74, 6) is 0.527. The molecule has 1 rings (SSSR count). The largest absolute Gasteiger partial charge is 0.496 e. The number of ether oxygens (including phenoxy) is 1. The van der Waals surface area contributed by atoms with Crippen molar-refractivity contribution in [3.05, 3.63) is 77.1 Å². The van der Waals surface area contributed by atoms with Crippen molar-refractivity contribution in [3.8, 4) is 5.75 Å². The summed E-state index contributed by atoms with van der Waals surface area (Å²) < 4.78 is 5.41. The Morgan fingerprint density at radius 3 is 2.61 bits per heavy atom. The molecular weight excluding hydrogens is 286 g/mol. The van der Waals surface area contributed by atoms with Crippen molar-refractivity contribution < 1.29 is 9.53 Å². The molecule has 0 saturated carbocycles. The van der Waals surface area contributed by atoms with Crippen LogP contribution in [-0.4, -0.2) is 12.9 Å². The predicted octanol–water partition coefficient (Wildman–Crippen LogP) is 4.28. The first-order valence-electron chi connectivity index (χ1n) is 7.59. The zero-order chi connectivity index (χ0) is 17.4. The van der Waals surface area contributed by atoms with Crippen molar-refractivity contribution in [2.75, 3.05) is 7.11 Å². The summed E-state index contributed by atoms with van der Waals surface area (Å²) in [5.41, 5.74) is 9.78. The van der Waals surface area contributed by atoms with Gasteiger partial charge in [0.2, 0.25) is 0 Å². The fraction of sp³-hybridized carbons (Fsp3) is 0.250. The van der Waals surface area contributed by atoms with Crippen LogP contribution in [0.1, 0.15) is 35.3 Å². The lowest BCUT2D eigenvalue weighted by Gasteiger charge is -2.12. The lowest BCUT2D eigenvalue weighted by atomic mass is 9.96. The Hall–Kier alpha value is -2.55. The molecular formula is C20H25NO2. The second kappa shape index (κ2) is 8.79. The summed E-state index contributed by atoms with van der Waals surface area (Å²) >= 11 is 0. The number of hydrogen-bond donors (Lipinski definition) is 1. The molecule has 23 heavy (non-hydrogen) atoms. The molecule has 122 valence electrons. The van der Waals surface area contributed by atoms with Gasteiger partial charge in [0.1, 0.15) is 5.75 Å². The van der Waals surface area contributed by atoms with Crippen molar-refractivity contribution in [1.29, 1.82) is 0 Å². The van der Waals surface area contributed by atoms with E-state index in [0.29, 0.717) is 11.3 Å². The maximum Gasteiger partial charge on any atom is 0.190 e. The number of methoxy groups -OCH3 is 1. The summed E-state index contributed by atoms with van der Waals surface area (Å²) in [6.45, 7) is 9.55. The molecule has 0 unspecified atom stereocenters. The number of ketones is 1. The number of aryl methyl sites for hydroxylation is 2. The Balaban J connectivity index is 3.32. The van der Waals surface area contributed by atoms with E-state index in [1.54, 1.807) is 25.3 Å². The van der Waals surface area contributed by atoms with Crippen LogP contribution in [-0.2, 0) is 6.42 Å². The smallest absolute Gasteiger partial charge is 0.190 e. The van der Waals surface area contributed by atoms with Gasteiger partial charge in [-0.1, -0.05) is 31.7 Å². The highest BCUT2D eigenvalue weighted by atomic mass is 16.5. The Kier molecular flexibility index (Phi) is 7.07. The molecule has 2 N–H and O–H groups in total. The second-order valence-electron chi connectivity index (χ2n) is 5.25. The van der Waals surface area contributed by atoms with E-state index in [0.717, 1.165) is 28.7 Å². The van der Waals surface area contributed by atoms with Gasteiger partial charge in [-0.3, -0.25) is 4.79 Å². The van der Waals surface area contributed by atoms with Crippen molar-refractivity contribution >= 4 is 5.78 Å². The SMILES string of the molecule is C=C/C=C(\C=C/N)C(/C)=C/C(=O)c1c(C)cc(CC)cc1OC. The summed E-state index contributed by atoms with van der Waals surface area (Å²) in [6.07, 6.45) is 9.16. The molecule has 3 heteroatoms. The summed E-state index contributed by atoms with van der Waals surface area (Å²) in [6, 6.07) is 3.95. The molecule has 0 spiro atoms. The van der Waals surface area contributed by atoms with Crippen LogP contribution < -0.4 is 10.5 Å². The molecule has 0 aliphatic rings. The number of nitrogens with two attached hydrogens (primary N) is 1. The second-order valence-corrected chi connectivity index (χ2v) is 5.25. The molecule has 3 nitrogen and oxygen atoms in total. The lowest BCUT2D eigenvalue weighted by molar-refractivity contribution is 0.104. The third kappa shape index (κ3) is 4.71. The van der Waals surface area contributed by atoms with Gasteiger partial charge in [0.25, 0.3) is 0 Å². The van der Waals surface area contributed by atoms with Crippen molar-refractivity contribution in [2.45, 2.75) is 27.2 Å². The van der Waals surface area contributed by atoms with Gasteiger partial charge in [-0.2, -0.15) is 0 Å². The molecule has 0 fully saturated rings. The van der Waals surface area contributed by atoms with Crippen LogP contribution in [0.2, 0.25) is 0 Å². The van der Waals surface area contributed by atoms with Gasteiger partial charge in [0.15, 0.2) is 5.78 Å². The minimum atomic E-state index is -0.0834. The Morgan fingerprint density at radius 2 is 2.09 bits per heavy atom. The van der Waals surface area contributed by atoms with E-state index >= 15 is 0 Å². The number of carbonyl (C=O) groups is 1. The van der Waals surface area contributed by atoms with Crippen LogP contribution in [0.25, 0.3) is 0 Å². The molecule has 0 radical (unpaired) electrons. The first-order valence-corrected chi connectivity index (χ1v) is 7.59. The fourth-order valence-corrected chi connectivity index (χ4v) is 2.41. The number of carbonyl (C=O) groups excluding carboxylic acids is 1. The molecule has 1 aromatic rings. The molecule has 1 aromatic carbocycles. The summed E-state index contributed by atoms with van der Waals surface area (Å²) in [4.78, 5) is 12.7. The Morgan fingerprint density at radius 1 is 1.39 bits per heavy atom. The quantitative estimate of drug-likeness (QED) is 0.464. The van der Waals surface area contributed by atoms with E-state index in [1.807, 2.05) is 32.1 Å². The van der Waals surface area contributed by atoms with Crippen LogP contribution in [0, 0.1) is 6.92 Å². The average Bonchev–Trinajstić information content (AvgIpc) is 2.53. The Bertz CT molecular complexity index is 679. The predicted molar refractivity (Wildman–Crippen MR) is 96.8 cm³/mol.